The first-order chi connectivity index (χ1) is 13.8. The van der Waals surface area contributed by atoms with Crippen LogP contribution in [0.1, 0.15) is 11.3 Å². The number of para-hydroxylation sites is 1. The third-order valence-corrected chi connectivity index (χ3v) is 4.20. The molecule has 0 unspecified atom stereocenters. The molecule has 1 aromatic heterocycles. The minimum absolute atomic E-state index is 0.0494. The lowest BCUT2D eigenvalue weighted by Gasteiger charge is -2.09. The van der Waals surface area contributed by atoms with Crippen molar-refractivity contribution in [3.8, 4) is 17.4 Å². The molecule has 0 saturated heterocycles. The number of furan rings is 1. The number of hydrogen-bond acceptors (Lipinski definition) is 3. The summed E-state index contributed by atoms with van der Waals surface area (Å²) < 4.78 is 44.3. The second kappa shape index (κ2) is 8.25. The van der Waals surface area contributed by atoms with Gasteiger partial charge in [0.1, 0.15) is 23.2 Å². The maximum atomic E-state index is 12.9. The number of rotatable bonds is 4. The fourth-order valence-electron chi connectivity index (χ4n) is 2.48. The van der Waals surface area contributed by atoms with Crippen molar-refractivity contribution in [3.05, 3.63) is 82.6 Å². The van der Waals surface area contributed by atoms with E-state index in [9.17, 15) is 23.2 Å². The van der Waals surface area contributed by atoms with E-state index in [0.29, 0.717) is 5.69 Å². The minimum Gasteiger partial charge on any atom is -0.457 e. The molecule has 0 bridgehead atoms. The molecule has 3 aromatic rings. The van der Waals surface area contributed by atoms with Crippen LogP contribution in [0.3, 0.4) is 0 Å². The standard InChI is InChI=1S/C21H12ClF3N2O2/c22-18-8-6-14(21(23,24)25)11-17(18)19-9-7-16(29-19)10-13(12-26)20(28)27-15-4-2-1-3-5-15/h1-11H,(H,27,28)/b13-10+. The summed E-state index contributed by atoms with van der Waals surface area (Å²) in [5, 5.41) is 11.9. The van der Waals surface area contributed by atoms with Crippen molar-refractivity contribution >= 4 is 29.3 Å². The SMILES string of the molecule is N#C/C(=C\c1ccc(-c2cc(C(F)(F)F)ccc2Cl)o1)C(=O)Nc1ccccc1. The number of benzene rings is 2. The molecule has 1 N–H and O–H groups in total. The van der Waals surface area contributed by atoms with E-state index in [-0.39, 0.29) is 27.7 Å². The van der Waals surface area contributed by atoms with Crippen LogP contribution < -0.4 is 5.32 Å². The van der Waals surface area contributed by atoms with Crippen LogP contribution in [0.4, 0.5) is 18.9 Å². The van der Waals surface area contributed by atoms with Gasteiger partial charge in [0, 0.05) is 17.3 Å². The number of alkyl halides is 3. The number of nitrogens with one attached hydrogen (secondary N) is 1. The highest BCUT2D eigenvalue weighted by molar-refractivity contribution is 6.33. The highest BCUT2D eigenvalue weighted by atomic mass is 35.5. The molecule has 0 fully saturated rings. The maximum absolute atomic E-state index is 12.9. The van der Waals surface area contributed by atoms with Crippen LogP contribution >= 0.6 is 11.6 Å². The Morgan fingerprint density at radius 3 is 2.48 bits per heavy atom. The Morgan fingerprint density at radius 1 is 1.10 bits per heavy atom. The van der Waals surface area contributed by atoms with Gasteiger partial charge in [0.05, 0.1) is 10.6 Å². The van der Waals surface area contributed by atoms with Gasteiger partial charge in [-0.05, 0) is 42.5 Å². The van der Waals surface area contributed by atoms with Crippen molar-refractivity contribution in [3.63, 3.8) is 0 Å². The molecule has 0 aliphatic carbocycles. The van der Waals surface area contributed by atoms with Crippen molar-refractivity contribution < 1.29 is 22.4 Å². The van der Waals surface area contributed by atoms with Gasteiger partial charge in [0.25, 0.3) is 5.91 Å². The van der Waals surface area contributed by atoms with Crippen LogP contribution in [0.25, 0.3) is 17.4 Å². The van der Waals surface area contributed by atoms with Crippen LogP contribution in [0, 0.1) is 11.3 Å². The van der Waals surface area contributed by atoms with Crippen LogP contribution in [0.5, 0.6) is 0 Å². The van der Waals surface area contributed by atoms with Gasteiger partial charge in [-0.25, -0.2) is 0 Å². The fraction of sp³-hybridized carbons (Fsp3) is 0.0476. The fourth-order valence-corrected chi connectivity index (χ4v) is 2.69. The molecule has 0 spiro atoms. The van der Waals surface area contributed by atoms with Crippen LogP contribution in [-0.4, -0.2) is 5.91 Å². The zero-order valence-electron chi connectivity index (χ0n) is 14.6. The van der Waals surface area contributed by atoms with Gasteiger partial charge in [-0.1, -0.05) is 29.8 Å². The summed E-state index contributed by atoms with van der Waals surface area (Å²) in [5.74, 6) is -0.449. The first-order valence-corrected chi connectivity index (χ1v) is 8.61. The Hall–Kier alpha value is -3.50. The van der Waals surface area contributed by atoms with Crippen molar-refractivity contribution in [2.75, 3.05) is 5.32 Å². The maximum Gasteiger partial charge on any atom is 0.416 e. The van der Waals surface area contributed by atoms with Gasteiger partial charge >= 0.3 is 6.18 Å². The number of carbonyl (C=O) groups excluding carboxylic acids is 1. The summed E-state index contributed by atoms with van der Waals surface area (Å²) in [5.41, 5.74) is -0.543. The molecule has 4 nitrogen and oxygen atoms in total. The second-order valence-corrected chi connectivity index (χ2v) is 6.29. The monoisotopic (exact) mass is 416 g/mol. The van der Waals surface area contributed by atoms with Gasteiger partial charge < -0.3 is 9.73 Å². The molecule has 0 radical (unpaired) electrons. The Kier molecular flexibility index (Phi) is 5.76. The largest absolute Gasteiger partial charge is 0.457 e. The van der Waals surface area contributed by atoms with E-state index in [2.05, 4.69) is 5.32 Å². The molecule has 1 heterocycles. The van der Waals surface area contributed by atoms with Crippen LogP contribution in [0.15, 0.2) is 70.7 Å². The summed E-state index contributed by atoms with van der Waals surface area (Å²) in [6.07, 6.45) is -3.33. The highest BCUT2D eigenvalue weighted by Crippen LogP contribution is 2.36. The molecule has 0 aliphatic heterocycles. The molecular weight excluding hydrogens is 405 g/mol. The Morgan fingerprint density at radius 2 is 1.83 bits per heavy atom. The molecule has 8 heteroatoms. The minimum atomic E-state index is -4.53. The average molecular weight is 417 g/mol. The molecule has 2 aromatic carbocycles. The lowest BCUT2D eigenvalue weighted by molar-refractivity contribution is -0.137. The second-order valence-electron chi connectivity index (χ2n) is 5.88. The third-order valence-electron chi connectivity index (χ3n) is 3.87. The van der Waals surface area contributed by atoms with E-state index in [4.69, 9.17) is 16.0 Å². The molecule has 146 valence electrons. The molecule has 3 rings (SSSR count). The van der Waals surface area contributed by atoms with E-state index >= 15 is 0 Å². The number of nitriles is 1. The van der Waals surface area contributed by atoms with Gasteiger partial charge in [0.2, 0.25) is 0 Å². The Labute approximate surface area is 168 Å². The predicted octanol–water partition coefficient (Wildman–Crippen LogP) is 6.16. The molecule has 0 saturated carbocycles. The van der Waals surface area contributed by atoms with Gasteiger partial charge in [-0.15, -0.1) is 0 Å². The van der Waals surface area contributed by atoms with E-state index in [0.717, 1.165) is 18.2 Å². The van der Waals surface area contributed by atoms with Gasteiger partial charge in [0.15, 0.2) is 0 Å². The van der Waals surface area contributed by atoms with Crippen molar-refractivity contribution in [2.24, 2.45) is 0 Å². The van der Waals surface area contributed by atoms with Crippen molar-refractivity contribution in [1.29, 1.82) is 5.26 Å². The number of amides is 1. The quantitative estimate of drug-likeness (QED) is 0.409. The Balaban J connectivity index is 1.87. The summed E-state index contributed by atoms with van der Waals surface area (Å²) in [6.45, 7) is 0. The zero-order valence-corrected chi connectivity index (χ0v) is 15.4. The molecule has 0 aliphatic rings. The van der Waals surface area contributed by atoms with E-state index < -0.39 is 17.6 Å². The van der Waals surface area contributed by atoms with Crippen molar-refractivity contribution in [1.82, 2.24) is 0 Å². The molecule has 0 atom stereocenters. The third kappa shape index (κ3) is 4.86. The highest BCUT2D eigenvalue weighted by Gasteiger charge is 2.31. The molecule has 1 amide bonds. The van der Waals surface area contributed by atoms with Crippen LogP contribution in [-0.2, 0) is 11.0 Å². The van der Waals surface area contributed by atoms with E-state index in [1.54, 1.807) is 36.4 Å². The van der Waals surface area contributed by atoms with Gasteiger partial charge in [-0.3, -0.25) is 4.79 Å². The lowest BCUT2D eigenvalue weighted by atomic mass is 10.1. The molecular formula is C21H12ClF3N2O2. The first-order valence-electron chi connectivity index (χ1n) is 8.23. The van der Waals surface area contributed by atoms with Gasteiger partial charge in [-0.2, -0.15) is 18.4 Å². The Bertz CT molecular complexity index is 1110. The lowest BCUT2D eigenvalue weighted by Crippen LogP contribution is -2.13. The summed E-state index contributed by atoms with van der Waals surface area (Å²) in [6, 6.07) is 16.0. The average Bonchev–Trinajstić information content (AvgIpc) is 3.14. The number of anilines is 1. The molecule has 29 heavy (non-hydrogen) atoms. The summed E-state index contributed by atoms with van der Waals surface area (Å²) in [4.78, 5) is 12.2. The van der Waals surface area contributed by atoms with E-state index in [1.165, 1.54) is 18.2 Å². The van der Waals surface area contributed by atoms with Crippen LogP contribution in [0.2, 0.25) is 5.02 Å². The smallest absolute Gasteiger partial charge is 0.416 e. The topological polar surface area (TPSA) is 66.0 Å². The summed E-state index contributed by atoms with van der Waals surface area (Å²) >= 11 is 6.00. The number of nitrogens with zero attached hydrogens (tertiary/aromatic N) is 1. The number of hydrogen-bond donors (Lipinski definition) is 1. The predicted molar refractivity (Wildman–Crippen MR) is 103 cm³/mol. The van der Waals surface area contributed by atoms with Crippen molar-refractivity contribution in [2.45, 2.75) is 6.18 Å². The first kappa shape index (κ1) is 20.2. The number of halogens is 4. The zero-order chi connectivity index (χ0) is 21.0. The normalized spacial score (nSPS) is 11.8. The van der Waals surface area contributed by atoms with E-state index in [1.807, 2.05) is 0 Å². The summed E-state index contributed by atoms with van der Waals surface area (Å²) in [7, 11) is 0. The number of carbonyl (C=O) groups is 1.